The molecule has 0 spiro atoms. The van der Waals surface area contributed by atoms with E-state index in [2.05, 4.69) is 71.3 Å². The van der Waals surface area contributed by atoms with Gasteiger partial charge in [0.2, 0.25) is 0 Å². The van der Waals surface area contributed by atoms with Gasteiger partial charge in [-0.25, -0.2) is 9.80 Å². The van der Waals surface area contributed by atoms with Gasteiger partial charge in [0.25, 0.3) is 23.6 Å². The van der Waals surface area contributed by atoms with Gasteiger partial charge in [-0.15, -0.1) is 0 Å². The number of anilines is 2. The molecule has 280 valence electrons. The maximum atomic E-state index is 14.9. The van der Waals surface area contributed by atoms with Crippen LogP contribution in [-0.4, -0.2) is 23.6 Å². The van der Waals surface area contributed by atoms with Crippen LogP contribution in [0.3, 0.4) is 0 Å². The van der Waals surface area contributed by atoms with E-state index in [0.29, 0.717) is 48.9 Å². The fourth-order valence-electron chi connectivity index (χ4n) is 9.57. The third kappa shape index (κ3) is 4.73. The van der Waals surface area contributed by atoms with Crippen molar-refractivity contribution in [3.63, 3.8) is 0 Å². The van der Waals surface area contributed by atoms with E-state index >= 15 is 0 Å². The first kappa shape index (κ1) is 36.3. The Morgan fingerprint density at radius 2 is 0.786 bits per heavy atom. The van der Waals surface area contributed by atoms with Crippen LogP contribution in [0.5, 0.6) is 0 Å². The van der Waals surface area contributed by atoms with E-state index in [1.54, 1.807) is 0 Å². The largest absolute Gasteiger partial charge is 0.268 e. The maximum Gasteiger partial charge on any atom is 0.266 e. The summed E-state index contributed by atoms with van der Waals surface area (Å²) in [6.07, 6.45) is 0. The van der Waals surface area contributed by atoms with Crippen LogP contribution < -0.4 is 9.80 Å². The van der Waals surface area contributed by atoms with Crippen LogP contribution in [0.15, 0.2) is 77.3 Å². The summed E-state index contributed by atoms with van der Waals surface area (Å²) in [6.45, 7) is 18.7. The molecule has 6 nitrogen and oxygen atoms in total. The van der Waals surface area contributed by atoms with Crippen LogP contribution in [0.25, 0.3) is 43.1 Å². The molecule has 2 aliphatic heterocycles. The Hall–Kier alpha value is -5.40. The van der Waals surface area contributed by atoms with Crippen molar-refractivity contribution in [3.05, 3.63) is 127 Å². The second-order valence-corrected chi connectivity index (χ2v) is 17.7. The molecule has 4 amide bonds. The molecule has 7 aromatic rings. The molecule has 0 fully saturated rings. The van der Waals surface area contributed by atoms with Gasteiger partial charge in [0.05, 0.1) is 16.9 Å². The van der Waals surface area contributed by atoms with Gasteiger partial charge in [-0.2, -0.15) is 0 Å². The van der Waals surface area contributed by atoms with Crippen molar-refractivity contribution in [1.29, 1.82) is 0 Å². The zero-order valence-electron chi connectivity index (χ0n) is 33.1. The molecule has 9 rings (SSSR count). The van der Waals surface area contributed by atoms with E-state index in [-0.39, 0.29) is 47.3 Å². The number of imide groups is 2. The van der Waals surface area contributed by atoms with Crippen LogP contribution in [-0.2, 0) is 0 Å². The molecular weight excluding hydrogens is 760 g/mol. The number of carbonyl (C=O) groups excluding carboxylic acids is 4. The maximum absolute atomic E-state index is 14.9. The minimum Gasteiger partial charge on any atom is -0.268 e. The summed E-state index contributed by atoms with van der Waals surface area (Å²) in [4.78, 5) is 62.1. The molecule has 0 aliphatic carbocycles. The van der Waals surface area contributed by atoms with Gasteiger partial charge in [0, 0.05) is 42.7 Å². The van der Waals surface area contributed by atoms with E-state index in [0.717, 1.165) is 60.1 Å². The smallest absolute Gasteiger partial charge is 0.266 e. The Morgan fingerprint density at radius 3 is 1.20 bits per heavy atom. The summed E-state index contributed by atoms with van der Waals surface area (Å²) in [5, 5.41) is 6.36. The summed E-state index contributed by atoms with van der Waals surface area (Å²) in [7, 11) is 0. The van der Waals surface area contributed by atoms with Crippen molar-refractivity contribution < 1.29 is 19.2 Å². The van der Waals surface area contributed by atoms with Crippen molar-refractivity contribution in [2.24, 2.45) is 0 Å². The average molecular weight is 804 g/mol. The van der Waals surface area contributed by atoms with Gasteiger partial charge in [-0.05, 0) is 104 Å². The zero-order valence-corrected chi connectivity index (χ0v) is 34.7. The highest BCUT2D eigenvalue weighted by molar-refractivity contribution is 9.10. The number of benzene rings is 7. The van der Waals surface area contributed by atoms with Crippen LogP contribution in [0.1, 0.15) is 148 Å². The number of hydrogen-bond acceptors (Lipinski definition) is 4. The monoisotopic (exact) mass is 802 g/mol. The molecule has 0 saturated carbocycles. The molecule has 56 heavy (non-hydrogen) atoms. The SMILES string of the molecule is Cc1cc2c3c(ccc4c5c(Br)cc6c7c(ccc(c1c34)c75)C(=O)N(c1c(C(C)C)cccc1C(C)C)C6=O)C(=O)N(c1c(C(C)C)cccc1C(C)C)C2=O. The highest BCUT2D eigenvalue weighted by atomic mass is 79.9. The van der Waals surface area contributed by atoms with Crippen molar-refractivity contribution in [1.82, 2.24) is 0 Å². The van der Waals surface area contributed by atoms with E-state index < -0.39 is 0 Å². The quantitative estimate of drug-likeness (QED) is 0.0953. The molecule has 0 N–H and O–H groups in total. The zero-order chi connectivity index (χ0) is 39.8. The van der Waals surface area contributed by atoms with Crippen LogP contribution in [0, 0.1) is 6.92 Å². The first-order valence-corrected chi connectivity index (χ1v) is 20.4. The summed E-state index contributed by atoms with van der Waals surface area (Å²) in [5.41, 5.74) is 7.92. The molecule has 0 saturated heterocycles. The molecule has 7 aromatic carbocycles. The van der Waals surface area contributed by atoms with Crippen molar-refractivity contribution in [3.8, 4) is 0 Å². The van der Waals surface area contributed by atoms with Crippen molar-refractivity contribution in [2.75, 3.05) is 9.80 Å². The van der Waals surface area contributed by atoms with E-state index in [9.17, 15) is 19.2 Å². The van der Waals surface area contributed by atoms with Gasteiger partial charge in [-0.1, -0.05) is 120 Å². The first-order chi connectivity index (χ1) is 26.6. The lowest BCUT2D eigenvalue weighted by atomic mass is 9.80. The fourth-order valence-corrected chi connectivity index (χ4v) is 10.2. The highest BCUT2D eigenvalue weighted by Crippen LogP contribution is 2.51. The molecule has 0 atom stereocenters. The van der Waals surface area contributed by atoms with Crippen LogP contribution in [0.4, 0.5) is 11.4 Å². The number of nitrogens with zero attached hydrogens (tertiary/aromatic N) is 2. The minimum absolute atomic E-state index is 0.0856. The van der Waals surface area contributed by atoms with Gasteiger partial charge in [0.15, 0.2) is 0 Å². The Balaban J connectivity index is 1.33. The lowest BCUT2D eigenvalue weighted by Gasteiger charge is -2.34. The van der Waals surface area contributed by atoms with Crippen molar-refractivity contribution in [2.45, 2.75) is 86.0 Å². The predicted octanol–water partition coefficient (Wildman–Crippen LogP) is 12.9. The van der Waals surface area contributed by atoms with E-state index in [4.69, 9.17) is 0 Å². The number of halogens is 1. The van der Waals surface area contributed by atoms with Crippen LogP contribution >= 0.6 is 15.9 Å². The van der Waals surface area contributed by atoms with Gasteiger partial charge >= 0.3 is 0 Å². The molecule has 0 aromatic heterocycles. The van der Waals surface area contributed by atoms with Crippen molar-refractivity contribution >= 4 is 94.0 Å². The number of amides is 4. The third-order valence-corrected chi connectivity index (χ3v) is 12.7. The normalized spacial score (nSPS) is 14.6. The van der Waals surface area contributed by atoms with Gasteiger partial charge in [0.1, 0.15) is 0 Å². The summed E-state index contributed by atoms with van der Waals surface area (Å²) in [6, 6.07) is 23.5. The number of aryl methyl sites for hydroxylation is 1. The molecule has 2 heterocycles. The Labute approximate surface area is 334 Å². The standard InChI is InChI=1S/C49H43BrN2O4/c1-22(2)27-12-10-13-28(23(3)4)44(27)51-46(53)33-19-17-32-41-37(50)21-36-40-34(18-16-31(43(40)41)38-26(9)20-35(48(51)55)39(33)42(32)38)47(54)52(49(36)56)45-29(24(5)6)14-11-15-30(45)25(7)8/h10-25H,1-9H3. The molecule has 0 unspecified atom stereocenters. The van der Waals surface area contributed by atoms with Crippen LogP contribution in [0.2, 0.25) is 0 Å². The topological polar surface area (TPSA) is 74.8 Å². The number of rotatable bonds is 6. The lowest BCUT2D eigenvalue weighted by Crippen LogP contribution is -2.42. The fraction of sp³-hybridized carbons (Fsp3) is 0.265. The second kappa shape index (κ2) is 12.6. The molecular formula is C49H43BrN2O4. The third-order valence-electron chi connectivity index (χ3n) is 12.1. The second-order valence-electron chi connectivity index (χ2n) is 16.8. The number of para-hydroxylation sites is 2. The van der Waals surface area contributed by atoms with E-state index in [1.165, 1.54) is 9.80 Å². The minimum atomic E-state index is -0.353. The lowest BCUT2D eigenvalue weighted by molar-refractivity contribution is 0.0877. The molecule has 2 aliphatic rings. The Bertz CT molecular complexity index is 2680. The summed E-state index contributed by atoms with van der Waals surface area (Å²) >= 11 is 3.89. The summed E-state index contributed by atoms with van der Waals surface area (Å²) in [5.74, 6) is -1.02. The van der Waals surface area contributed by atoms with E-state index in [1.807, 2.05) is 79.7 Å². The molecule has 0 radical (unpaired) electrons. The molecule has 7 heteroatoms. The average Bonchev–Trinajstić information content (AvgIpc) is 3.15. The molecule has 0 bridgehead atoms. The highest BCUT2D eigenvalue weighted by Gasteiger charge is 2.41. The Morgan fingerprint density at radius 1 is 0.429 bits per heavy atom. The predicted molar refractivity (Wildman–Crippen MR) is 232 cm³/mol. The van der Waals surface area contributed by atoms with Gasteiger partial charge in [-0.3, -0.25) is 19.2 Å². The Kier molecular flexibility index (Phi) is 8.13. The summed E-state index contributed by atoms with van der Waals surface area (Å²) < 4.78 is 0.703. The number of hydrogen-bond donors (Lipinski definition) is 0. The number of carbonyl (C=O) groups is 4. The first-order valence-electron chi connectivity index (χ1n) is 19.6. The number of fused-ring (bicyclic) bond motifs is 2. The van der Waals surface area contributed by atoms with Gasteiger partial charge < -0.3 is 0 Å².